The normalized spacial score (nSPS) is 16.3. The number of fused-ring (bicyclic) bond motifs is 1. The van der Waals surface area contributed by atoms with Crippen molar-refractivity contribution in [2.75, 3.05) is 4.90 Å². The Labute approximate surface area is 177 Å². The molecular formula is C25H27N3O2. The molecule has 0 amide bonds. The summed E-state index contributed by atoms with van der Waals surface area (Å²) in [6.07, 6.45) is 1.98. The van der Waals surface area contributed by atoms with E-state index in [1.165, 1.54) is 5.56 Å². The number of oxime groups is 1. The number of amidine groups is 1. The lowest BCUT2D eigenvalue weighted by atomic mass is 9.95. The highest BCUT2D eigenvalue weighted by Gasteiger charge is 2.30. The molecule has 0 radical (unpaired) electrons. The van der Waals surface area contributed by atoms with E-state index in [0.29, 0.717) is 17.3 Å². The van der Waals surface area contributed by atoms with Crippen LogP contribution in [-0.2, 0) is 6.42 Å². The molecule has 0 spiro atoms. The molecule has 2 aromatic carbocycles. The summed E-state index contributed by atoms with van der Waals surface area (Å²) >= 11 is 0. The third-order valence-corrected chi connectivity index (χ3v) is 5.50. The van der Waals surface area contributed by atoms with Gasteiger partial charge in [-0.15, -0.1) is 0 Å². The second-order valence-electron chi connectivity index (χ2n) is 8.04. The number of aromatic nitrogens is 1. The largest absolute Gasteiger partial charge is 0.438 e. The zero-order valence-corrected chi connectivity index (χ0v) is 17.9. The van der Waals surface area contributed by atoms with E-state index in [9.17, 15) is 5.21 Å². The van der Waals surface area contributed by atoms with Crippen molar-refractivity contribution >= 4 is 11.5 Å². The van der Waals surface area contributed by atoms with Gasteiger partial charge < -0.3 is 14.8 Å². The maximum absolute atomic E-state index is 10.1. The Morgan fingerprint density at radius 3 is 2.53 bits per heavy atom. The lowest BCUT2D eigenvalue weighted by Crippen LogP contribution is -2.42. The van der Waals surface area contributed by atoms with Gasteiger partial charge >= 0.3 is 0 Å². The second kappa shape index (κ2) is 8.19. The molecule has 3 aromatic rings. The standard InChI is InChI=1S/C25H27N3O2/c1-16-13-17(2)15-21(14-16)30-25-22(12-9-18(3)26-25)24(27-29)28-19(4)10-11-20-7-5-6-8-23(20)28/h5-9,12-15,19,29H,10-11H2,1-4H3/b27-24-. The Bertz CT molecular complexity index is 1090. The first kappa shape index (κ1) is 20.0. The molecule has 1 unspecified atom stereocenters. The first-order chi connectivity index (χ1) is 14.5. The Kier molecular flexibility index (Phi) is 5.44. The molecule has 30 heavy (non-hydrogen) atoms. The van der Waals surface area contributed by atoms with Gasteiger partial charge in [-0.3, -0.25) is 0 Å². The number of ether oxygens (including phenoxy) is 1. The van der Waals surface area contributed by atoms with Crippen LogP contribution in [0.25, 0.3) is 0 Å². The van der Waals surface area contributed by atoms with Crippen molar-refractivity contribution < 1.29 is 9.94 Å². The molecule has 0 bridgehead atoms. The predicted molar refractivity (Wildman–Crippen MR) is 120 cm³/mol. The van der Waals surface area contributed by atoms with E-state index in [2.05, 4.69) is 40.2 Å². The highest BCUT2D eigenvalue weighted by atomic mass is 16.5. The van der Waals surface area contributed by atoms with Gasteiger partial charge in [0.05, 0.1) is 5.56 Å². The van der Waals surface area contributed by atoms with Gasteiger partial charge in [0.2, 0.25) is 5.88 Å². The van der Waals surface area contributed by atoms with Crippen LogP contribution in [0.5, 0.6) is 11.6 Å². The molecule has 1 N–H and O–H groups in total. The fraction of sp³-hybridized carbons (Fsp3) is 0.280. The number of hydrogen-bond donors (Lipinski definition) is 1. The van der Waals surface area contributed by atoms with Crippen LogP contribution >= 0.6 is 0 Å². The number of rotatable bonds is 3. The summed E-state index contributed by atoms with van der Waals surface area (Å²) in [7, 11) is 0. The van der Waals surface area contributed by atoms with Crippen LogP contribution in [0, 0.1) is 20.8 Å². The molecule has 4 rings (SSSR count). The van der Waals surface area contributed by atoms with E-state index in [4.69, 9.17) is 4.74 Å². The van der Waals surface area contributed by atoms with Gasteiger partial charge in [-0.2, -0.15) is 0 Å². The molecular weight excluding hydrogens is 374 g/mol. The van der Waals surface area contributed by atoms with Gasteiger partial charge in [-0.1, -0.05) is 29.4 Å². The van der Waals surface area contributed by atoms with E-state index < -0.39 is 0 Å². The van der Waals surface area contributed by atoms with Gasteiger partial charge in [0.25, 0.3) is 0 Å². The van der Waals surface area contributed by atoms with Crippen LogP contribution in [0.3, 0.4) is 0 Å². The SMILES string of the molecule is Cc1cc(C)cc(Oc2nc(C)ccc2/C(=N/O)N2c3ccccc3CCC2C)c1. The minimum Gasteiger partial charge on any atom is -0.438 e. The molecule has 0 saturated heterocycles. The monoisotopic (exact) mass is 401 g/mol. The highest BCUT2D eigenvalue weighted by molar-refractivity contribution is 6.12. The molecule has 1 aliphatic rings. The van der Waals surface area contributed by atoms with Crippen LogP contribution in [0.15, 0.2) is 59.8 Å². The molecule has 2 heterocycles. The van der Waals surface area contributed by atoms with E-state index in [1.807, 2.05) is 57.2 Å². The third kappa shape index (κ3) is 3.88. The number of benzene rings is 2. The van der Waals surface area contributed by atoms with Gasteiger partial charge in [0.1, 0.15) is 5.75 Å². The van der Waals surface area contributed by atoms with Gasteiger partial charge in [0.15, 0.2) is 5.84 Å². The zero-order chi connectivity index (χ0) is 21.3. The number of pyridine rings is 1. The van der Waals surface area contributed by atoms with Crippen LogP contribution in [0.1, 0.15) is 41.3 Å². The van der Waals surface area contributed by atoms with Crippen LogP contribution in [-0.4, -0.2) is 22.1 Å². The summed E-state index contributed by atoms with van der Waals surface area (Å²) < 4.78 is 6.22. The lowest BCUT2D eigenvalue weighted by molar-refractivity contribution is 0.317. The number of hydrogen-bond acceptors (Lipinski definition) is 4. The van der Waals surface area contributed by atoms with Crippen molar-refractivity contribution in [2.45, 2.75) is 46.6 Å². The summed E-state index contributed by atoms with van der Waals surface area (Å²) in [6.45, 7) is 8.15. The summed E-state index contributed by atoms with van der Waals surface area (Å²) in [5, 5.41) is 13.8. The van der Waals surface area contributed by atoms with Gasteiger partial charge in [0, 0.05) is 17.4 Å². The number of nitrogens with zero attached hydrogens (tertiary/aromatic N) is 3. The predicted octanol–water partition coefficient (Wildman–Crippen LogP) is 5.78. The fourth-order valence-corrected chi connectivity index (χ4v) is 4.13. The van der Waals surface area contributed by atoms with E-state index in [0.717, 1.165) is 41.1 Å². The second-order valence-corrected chi connectivity index (χ2v) is 8.04. The van der Waals surface area contributed by atoms with Gasteiger partial charge in [-0.25, -0.2) is 4.98 Å². The maximum atomic E-state index is 10.1. The molecule has 0 aliphatic carbocycles. The van der Waals surface area contributed by atoms with Crippen molar-refractivity contribution in [1.29, 1.82) is 0 Å². The van der Waals surface area contributed by atoms with Crippen molar-refractivity contribution in [3.63, 3.8) is 0 Å². The van der Waals surface area contributed by atoms with E-state index >= 15 is 0 Å². The molecule has 154 valence electrons. The van der Waals surface area contributed by atoms with Crippen LogP contribution in [0.4, 0.5) is 5.69 Å². The van der Waals surface area contributed by atoms with Crippen molar-refractivity contribution in [2.24, 2.45) is 5.16 Å². The van der Waals surface area contributed by atoms with Crippen molar-refractivity contribution in [3.05, 3.63) is 82.5 Å². The molecule has 0 fully saturated rings. The summed E-state index contributed by atoms with van der Waals surface area (Å²) in [4.78, 5) is 6.71. The Hall–Kier alpha value is -3.34. The molecule has 1 atom stereocenters. The quantitative estimate of drug-likeness (QED) is 0.262. The average molecular weight is 402 g/mol. The van der Waals surface area contributed by atoms with E-state index in [1.54, 1.807) is 0 Å². The summed E-state index contributed by atoms with van der Waals surface area (Å²) in [5.41, 5.74) is 6.03. The molecule has 5 heteroatoms. The van der Waals surface area contributed by atoms with Crippen LogP contribution < -0.4 is 9.64 Å². The number of para-hydroxylation sites is 1. The molecule has 0 saturated carbocycles. The number of aryl methyl sites for hydroxylation is 4. The first-order valence-electron chi connectivity index (χ1n) is 10.3. The van der Waals surface area contributed by atoms with Crippen molar-refractivity contribution in [1.82, 2.24) is 4.98 Å². The molecule has 1 aliphatic heterocycles. The Balaban J connectivity index is 1.80. The average Bonchev–Trinajstić information content (AvgIpc) is 2.70. The summed E-state index contributed by atoms with van der Waals surface area (Å²) in [6, 6.07) is 18.3. The minimum absolute atomic E-state index is 0.182. The number of anilines is 1. The van der Waals surface area contributed by atoms with E-state index in [-0.39, 0.29) is 6.04 Å². The minimum atomic E-state index is 0.182. The van der Waals surface area contributed by atoms with Crippen LogP contribution in [0.2, 0.25) is 0 Å². The lowest BCUT2D eigenvalue weighted by Gasteiger charge is -2.37. The summed E-state index contributed by atoms with van der Waals surface area (Å²) in [5.74, 6) is 1.60. The highest BCUT2D eigenvalue weighted by Crippen LogP contribution is 2.34. The smallest absolute Gasteiger partial charge is 0.230 e. The van der Waals surface area contributed by atoms with Crippen molar-refractivity contribution in [3.8, 4) is 11.6 Å². The molecule has 1 aromatic heterocycles. The molecule has 5 nitrogen and oxygen atoms in total. The topological polar surface area (TPSA) is 58.0 Å². The Morgan fingerprint density at radius 1 is 1.07 bits per heavy atom. The zero-order valence-electron chi connectivity index (χ0n) is 17.9. The fourth-order valence-electron chi connectivity index (χ4n) is 4.13. The third-order valence-electron chi connectivity index (χ3n) is 5.50. The first-order valence-corrected chi connectivity index (χ1v) is 10.3. The maximum Gasteiger partial charge on any atom is 0.230 e. The van der Waals surface area contributed by atoms with Gasteiger partial charge in [-0.05, 0) is 87.6 Å². The Morgan fingerprint density at radius 2 is 1.80 bits per heavy atom.